The molecule has 7 nitrogen and oxygen atoms in total. The van der Waals surface area contributed by atoms with Crippen LogP contribution in [0.15, 0.2) is 58.8 Å². The van der Waals surface area contributed by atoms with Crippen molar-refractivity contribution in [2.24, 2.45) is 0 Å². The number of imide groups is 2. The Bertz CT molecular complexity index is 1160. The van der Waals surface area contributed by atoms with Gasteiger partial charge in [0.15, 0.2) is 0 Å². The number of terminal acetylenes is 1. The van der Waals surface area contributed by atoms with Crippen molar-refractivity contribution in [3.8, 4) is 12.3 Å². The Balaban J connectivity index is 1.75. The number of carbonyl (C=O) groups excluding carboxylic acids is 3. The molecule has 7 heteroatoms. The van der Waals surface area contributed by atoms with Crippen molar-refractivity contribution in [2.45, 2.75) is 13.1 Å². The van der Waals surface area contributed by atoms with E-state index in [1.54, 1.807) is 18.3 Å². The average Bonchev–Trinajstić information content (AvgIpc) is 3.31. The number of para-hydroxylation sites is 1. The molecule has 0 atom stereocenters. The number of amides is 4. The van der Waals surface area contributed by atoms with E-state index in [0.29, 0.717) is 17.9 Å². The highest BCUT2D eigenvalue weighted by Gasteiger charge is 2.36. The third kappa shape index (κ3) is 2.97. The fourth-order valence-corrected chi connectivity index (χ4v) is 3.17. The number of barbiturate groups is 1. The largest absolute Gasteiger partial charge is 0.467 e. The van der Waals surface area contributed by atoms with E-state index in [2.05, 4.69) is 11.2 Å². The van der Waals surface area contributed by atoms with Gasteiger partial charge in [-0.1, -0.05) is 24.1 Å². The van der Waals surface area contributed by atoms with Gasteiger partial charge in [0, 0.05) is 22.7 Å². The first-order chi connectivity index (χ1) is 13.6. The lowest BCUT2D eigenvalue weighted by atomic mass is 10.1. The van der Waals surface area contributed by atoms with E-state index >= 15 is 0 Å². The molecule has 138 valence electrons. The van der Waals surface area contributed by atoms with Crippen LogP contribution >= 0.6 is 0 Å². The highest BCUT2D eigenvalue weighted by atomic mass is 16.3. The summed E-state index contributed by atoms with van der Waals surface area (Å²) in [6.07, 6.45) is 10.1. The normalized spacial score (nSPS) is 15.9. The van der Waals surface area contributed by atoms with Crippen LogP contribution in [0.4, 0.5) is 4.79 Å². The molecule has 1 aromatic carbocycles. The fraction of sp³-hybridized carbons (Fsp3) is 0.0952. The maximum absolute atomic E-state index is 12.8. The first kappa shape index (κ1) is 17.4. The van der Waals surface area contributed by atoms with Crippen molar-refractivity contribution in [1.82, 2.24) is 14.8 Å². The number of benzene rings is 1. The molecule has 2 aromatic heterocycles. The van der Waals surface area contributed by atoms with Gasteiger partial charge in [0.25, 0.3) is 11.8 Å². The van der Waals surface area contributed by atoms with Gasteiger partial charge in [0.05, 0.1) is 19.4 Å². The van der Waals surface area contributed by atoms with Gasteiger partial charge >= 0.3 is 6.03 Å². The van der Waals surface area contributed by atoms with Crippen molar-refractivity contribution < 1.29 is 18.8 Å². The van der Waals surface area contributed by atoms with Crippen LogP contribution < -0.4 is 5.32 Å². The molecule has 1 saturated heterocycles. The lowest BCUT2D eigenvalue weighted by molar-refractivity contribution is -0.130. The van der Waals surface area contributed by atoms with Crippen molar-refractivity contribution in [3.05, 3.63) is 65.8 Å². The molecule has 1 aliphatic heterocycles. The molecule has 0 aliphatic carbocycles. The van der Waals surface area contributed by atoms with Crippen molar-refractivity contribution in [2.75, 3.05) is 0 Å². The SMILES string of the molecule is C#CCn1cc(/C=C2\C(=O)NC(=O)N(Cc3ccco3)C2=O)c2ccccc21. The number of nitrogens with zero attached hydrogens (tertiary/aromatic N) is 2. The molecule has 0 bridgehead atoms. The summed E-state index contributed by atoms with van der Waals surface area (Å²) in [6.45, 7) is 0.286. The number of rotatable bonds is 4. The van der Waals surface area contributed by atoms with Crippen LogP contribution in [-0.2, 0) is 22.7 Å². The highest BCUT2D eigenvalue weighted by Crippen LogP contribution is 2.25. The van der Waals surface area contributed by atoms with Crippen molar-refractivity contribution in [1.29, 1.82) is 0 Å². The predicted octanol–water partition coefficient (Wildman–Crippen LogP) is 2.53. The van der Waals surface area contributed by atoms with Crippen LogP contribution in [0.5, 0.6) is 0 Å². The van der Waals surface area contributed by atoms with E-state index in [1.807, 2.05) is 28.8 Å². The molecule has 1 N–H and O–H groups in total. The molecule has 0 radical (unpaired) electrons. The molecule has 4 amide bonds. The van der Waals surface area contributed by atoms with Crippen LogP contribution in [-0.4, -0.2) is 27.3 Å². The minimum Gasteiger partial charge on any atom is -0.467 e. The second-order valence-corrected chi connectivity index (χ2v) is 6.22. The predicted molar refractivity (Wildman–Crippen MR) is 102 cm³/mol. The molecule has 3 heterocycles. The van der Waals surface area contributed by atoms with Crippen LogP contribution in [0, 0.1) is 12.3 Å². The van der Waals surface area contributed by atoms with Crippen molar-refractivity contribution in [3.63, 3.8) is 0 Å². The Kier molecular flexibility index (Phi) is 4.30. The van der Waals surface area contributed by atoms with Crippen molar-refractivity contribution >= 4 is 34.8 Å². The summed E-state index contributed by atoms with van der Waals surface area (Å²) >= 11 is 0. The van der Waals surface area contributed by atoms with E-state index in [4.69, 9.17) is 10.8 Å². The lowest BCUT2D eigenvalue weighted by Gasteiger charge is -2.25. The number of aromatic nitrogens is 1. The monoisotopic (exact) mass is 373 g/mol. The van der Waals surface area contributed by atoms with Gasteiger partial charge in [-0.25, -0.2) is 4.79 Å². The zero-order valence-corrected chi connectivity index (χ0v) is 14.7. The molecule has 4 rings (SSSR count). The lowest BCUT2D eigenvalue weighted by Crippen LogP contribution is -2.53. The number of carbonyl (C=O) groups is 3. The van der Waals surface area contributed by atoms with Crippen LogP contribution in [0.1, 0.15) is 11.3 Å². The summed E-state index contributed by atoms with van der Waals surface area (Å²) in [7, 11) is 0. The molecule has 0 unspecified atom stereocenters. The second kappa shape index (κ2) is 6.93. The number of furan rings is 1. The summed E-state index contributed by atoms with van der Waals surface area (Å²) in [5.74, 6) is 1.60. The van der Waals surface area contributed by atoms with E-state index in [0.717, 1.165) is 15.8 Å². The highest BCUT2D eigenvalue weighted by molar-refractivity contribution is 6.31. The Hall–Kier alpha value is -4.05. The first-order valence-electron chi connectivity index (χ1n) is 8.51. The molecule has 1 fully saturated rings. The Morgan fingerprint density at radius 1 is 1.14 bits per heavy atom. The standard InChI is InChI=1S/C21H15N3O4/c1-2-9-23-12-14(16-7-3-4-8-18(16)23)11-17-19(25)22-21(27)24(20(17)26)13-15-6-5-10-28-15/h1,3-8,10-12H,9,13H2,(H,22,25,27)/b17-11+. The van der Waals surface area contributed by atoms with E-state index in [1.165, 1.54) is 12.3 Å². The molecule has 3 aromatic rings. The molecule has 1 aliphatic rings. The summed E-state index contributed by atoms with van der Waals surface area (Å²) in [5, 5.41) is 3.05. The molecular formula is C21H15N3O4. The van der Waals surface area contributed by atoms with Crippen LogP contribution in [0.2, 0.25) is 0 Å². The Labute approximate surface area is 160 Å². The van der Waals surface area contributed by atoms with Gasteiger partial charge in [-0.3, -0.25) is 19.8 Å². The van der Waals surface area contributed by atoms with E-state index in [-0.39, 0.29) is 12.1 Å². The minimum absolute atomic E-state index is 0.0683. The van der Waals surface area contributed by atoms with E-state index in [9.17, 15) is 14.4 Å². The maximum Gasteiger partial charge on any atom is 0.331 e. The summed E-state index contributed by atoms with van der Waals surface area (Å²) in [6, 6.07) is 10.1. The third-order valence-electron chi connectivity index (χ3n) is 4.46. The second-order valence-electron chi connectivity index (χ2n) is 6.22. The average molecular weight is 373 g/mol. The number of nitrogens with one attached hydrogen (secondary N) is 1. The smallest absolute Gasteiger partial charge is 0.331 e. The zero-order valence-electron chi connectivity index (χ0n) is 14.7. The third-order valence-corrected chi connectivity index (χ3v) is 4.46. The topological polar surface area (TPSA) is 84.6 Å². The van der Waals surface area contributed by atoms with Gasteiger partial charge in [-0.05, 0) is 24.3 Å². The first-order valence-corrected chi connectivity index (χ1v) is 8.51. The number of hydrogen-bond acceptors (Lipinski definition) is 4. The van der Waals surface area contributed by atoms with Crippen LogP contribution in [0.3, 0.4) is 0 Å². The fourth-order valence-electron chi connectivity index (χ4n) is 3.17. The van der Waals surface area contributed by atoms with Gasteiger partial charge in [-0.2, -0.15) is 0 Å². The molecular weight excluding hydrogens is 358 g/mol. The summed E-state index contributed by atoms with van der Waals surface area (Å²) < 4.78 is 7.06. The number of hydrogen-bond donors (Lipinski definition) is 1. The number of urea groups is 1. The molecule has 0 spiro atoms. The van der Waals surface area contributed by atoms with Crippen LogP contribution in [0.25, 0.3) is 17.0 Å². The summed E-state index contributed by atoms with van der Waals surface area (Å²) in [5.41, 5.74) is 1.42. The summed E-state index contributed by atoms with van der Waals surface area (Å²) in [4.78, 5) is 38.2. The zero-order chi connectivity index (χ0) is 19.7. The minimum atomic E-state index is -0.779. The quantitative estimate of drug-likeness (QED) is 0.433. The molecule has 0 saturated carbocycles. The Morgan fingerprint density at radius 2 is 1.96 bits per heavy atom. The Morgan fingerprint density at radius 3 is 2.71 bits per heavy atom. The van der Waals surface area contributed by atoms with Gasteiger partial charge < -0.3 is 8.98 Å². The van der Waals surface area contributed by atoms with E-state index < -0.39 is 17.8 Å². The number of fused-ring (bicyclic) bond motifs is 1. The van der Waals surface area contributed by atoms with Gasteiger partial charge in [-0.15, -0.1) is 6.42 Å². The molecule has 28 heavy (non-hydrogen) atoms. The van der Waals surface area contributed by atoms with Gasteiger partial charge in [0.1, 0.15) is 11.3 Å². The van der Waals surface area contributed by atoms with Gasteiger partial charge in [0.2, 0.25) is 0 Å². The maximum atomic E-state index is 12.8.